The van der Waals surface area contributed by atoms with E-state index in [1.165, 1.54) is 23.5 Å². The highest BCUT2D eigenvalue weighted by molar-refractivity contribution is 7.12. The number of aliphatic hydroxyl groups is 1. The Morgan fingerprint density at radius 2 is 2.10 bits per heavy atom. The molecule has 4 nitrogen and oxygen atoms in total. The van der Waals surface area contributed by atoms with Gasteiger partial charge in [-0.05, 0) is 37.6 Å². The minimum Gasteiger partial charge on any atom is -0.388 e. The van der Waals surface area contributed by atoms with E-state index in [0.29, 0.717) is 13.0 Å². The Kier molecular flexibility index (Phi) is 5.30. The minimum absolute atomic E-state index is 0.155. The fourth-order valence-corrected chi connectivity index (χ4v) is 2.73. The number of carbonyl (C=O) groups excluding carboxylic acids is 1. The van der Waals surface area contributed by atoms with Crippen LogP contribution in [-0.4, -0.2) is 17.7 Å². The quantitative estimate of drug-likeness (QED) is 0.793. The highest BCUT2D eigenvalue weighted by Gasteiger charge is 2.07. The molecule has 112 valence electrons. The number of benzene rings is 1. The molecule has 1 unspecified atom stereocenters. The Morgan fingerprint density at radius 3 is 2.76 bits per heavy atom. The Morgan fingerprint density at radius 1 is 1.33 bits per heavy atom. The third-order valence-electron chi connectivity index (χ3n) is 2.87. The molecule has 1 atom stereocenters. The second kappa shape index (κ2) is 7.19. The third-order valence-corrected chi connectivity index (χ3v) is 4.19. The van der Waals surface area contributed by atoms with Crippen LogP contribution in [0, 0.1) is 5.82 Å². The van der Waals surface area contributed by atoms with Gasteiger partial charge in [-0.3, -0.25) is 0 Å². The van der Waals surface area contributed by atoms with Gasteiger partial charge in [0.25, 0.3) is 0 Å². The molecule has 1 aromatic heterocycles. The van der Waals surface area contributed by atoms with Gasteiger partial charge in [0.05, 0.1) is 11.8 Å². The number of thiophene rings is 1. The van der Waals surface area contributed by atoms with Crippen LogP contribution in [0.15, 0.2) is 36.4 Å². The number of aliphatic hydroxyl groups excluding tert-OH is 1. The summed E-state index contributed by atoms with van der Waals surface area (Å²) in [7, 11) is 0. The molecule has 0 aliphatic rings. The van der Waals surface area contributed by atoms with Crippen LogP contribution >= 0.6 is 11.3 Å². The van der Waals surface area contributed by atoms with Crippen molar-refractivity contribution in [2.45, 2.75) is 19.4 Å². The summed E-state index contributed by atoms with van der Waals surface area (Å²) in [6.07, 6.45) is 0.197. The molecule has 6 heteroatoms. The maximum atomic E-state index is 13.4. The van der Waals surface area contributed by atoms with Crippen LogP contribution in [0.4, 0.5) is 14.9 Å². The molecule has 21 heavy (non-hydrogen) atoms. The minimum atomic E-state index is -0.471. The zero-order chi connectivity index (χ0) is 15.2. The van der Waals surface area contributed by atoms with Crippen LogP contribution in [0.2, 0.25) is 0 Å². The smallest absolute Gasteiger partial charge is 0.319 e. The molecular weight excluding hydrogens is 291 g/mol. The summed E-state index contributed by atoms with van der Waals surface area (Å²) in [6.45, 7) is 2.16. The van der Waals surface area contributed by atoms with Crippen LogP contribution in [0.25, 0.3) is 0 Å². The van der Waals surface area contributed by atoms with Gasteiger partial charge in [-0.15, -0.1) is 11.3 Å². The Labute approximate surface area is 126 Å². The third kappa shape index (κ3) is 4.54. The molecule has 0 bridgehead atoms. The van der Waals surface area contributed by atoms with E-state index in [1.807, 2.05) is 12.1 Å². The lowest BCUT2D eigenvalue weighted by molar-refractivity contribution is 0.203. The summed E-state index contributed by atoms with van der Waals surface area (Å²) in [4.78, 5) is 13.6. The SMILES string of the molecule is CC(O)c1ccc(CCNC(=O)Nc2ccccc2F)s1. The molecule has 3 N–H and O–H groups in total. The second-order valence-corrected chi connectivity index (χ2v) is 5.79. The van der Waals surface area contributed by atoms with Gasteiger partial charge in [-0.2, -0.15) is 0 Å². The summed E-state index contributed by atoms with van der Waals surface area (Å²) in [5.74, 6) is -0.465. The van der Waals surface area contributed by atoms with Gasteiger partial charge in [-0.25, -0.2) is 9.18 Å². The van der Waals surface area contributed by atoms with Crippen molar-refractivity contribution >= 4 is 23.1 Å². The Bertz CT molecular complexity index is 613. The van der Waals surface area contributed by atoms with Gasteiger partial charge < -0.3 is 15.7 Å². The molecule has 2 aromatic rings. The average molecular weight is 308 g/mol. The number of halogens is 1. The summed E-state index contributed by atoms with van der Waals surface area (Å²) in [5, 5.41) is 14.6. The van der Waals surface area contributed by atoms with Crippen molar-refractivity contribution in [2.75, 3.05) is 11.9 Å². The van der Waals surface area contributed by atoms with E-state index in [-0.39, 0.29) is 5.69 Å². The van der Waals surface area contributed by atoms with Gasteiger partial charge in [0.15, 0.2) is 0 Å². The van der Waals surface area contributed by atoms with Crippen LogP contribution in [0.3, 0.4) is 0 Å². The van der Waals surface area contributed by atoms with Crippen molar-refractivity contribution in [1.29, 1.82) is 0 Å². The molecule has 1 aromatic carbocycles. The lowest BCUT2D eigenvalue weighted by atomic mass is 10.3. The molecule has 0 spiro atoms. The van der Waals surface area contributed by atoms with Crippen molar-refractivity contribution in [1.82, 2.24) is 5.32 Å². The van der Waals surface area contributed by atoms with Gasteiger partial charge in [0.2, 0.25) is 0 Å². The van der Waals surface area contributed by atoms with Crippen molar-refractivity contribution in [3.05, 3.63) is 52.0 Å². The lowest BCUT2D eigenvalue weighted by Crippen LogP contribution is -2.30. The molecule has 2 amide bonds. The van der Waals surface area contributed by atoms with Crippen molar-refractivity contribution in [2.24, 2.45) is 0 Å². The predicted octanol–water partition coefficient (Wildman–Crippen LogP) is 3.30. The van der Waals surface area contributed by atoms with E-state index in [0.717, 1.165) is 9.75 Å². The number of para-hydroxylation sites is 1. The number of nitrogens with one attached hydrogen (secondary N) is 2. The van der Waals surface area contributed by atoms with Gasteiger partial charge in [-0.1, -0.05) is 12.1 Å². The van der Waals surface area contributed by atoms with E-state index < -0.39 is 18.0 Å². The molecule has 0 saturated carbocycles. The number of rotatable bonds is 5. The zero-order valence-corrected chi connectivity index (χ0v) is 12.4. The first-order valence-corrected chi connectivity index (χ1v) is 7.44. The van der Waals surface area contributed by atoms with Gasteiger partial charge in [0, 0.05) is 16.3 Å². The van der Waals surface area contributed by atoms with Crippen molar-refractivity contribution in [3.8, 4) is 0 Å². The van der Waals surface area contributed by atoms with Gasteiger partial charge >= 0.3 is 6.03 Å². The van der Waals surface area contributed by atoms with Crippen molar-refractivity contribution < 1.29 is 14.3 Å². The number of urea groups is 1. The summed E-state index contributed by atoms with van der Waals surface area (Å²) in [6, 6.07) is 9.39. The van der Waals surface area contributed by atoms with E-state index in [2.05, 4.69) is 10.6 Å². The summed E-state index contributed by atoms with van der Waals surface area (Å²) in [5.41, 5.74) is 0.155. The topological polar surface area (TPSA) is 61.4 Å². The van der Waals surface area contributed by atoms with Crippen molar-refractivity contribution in [3.63, 3.8) is 0 Å². The van der Waals surface area contributed by atoms with E-state index >= 15 is 0 Å². The Hall–Kier alpha value is -1.92. The molecule has 2 rings (SSSR count). The highest BCUT2D eigenvalue weighted by atomic mass is 32.1. The van der Waals surface area contributed by atoms with E-state index in [1.54, 1.807) is 19.1 Å². The largest absolute Gasteiger partial charge is 0.388 e. The monoisotopic (exact) mass is 308 g/mol. The summed E-state index contributed by atoms with van der Waals surface area (Å²) < 4.78 is 13.4. The van der Waals surface area contributed by atoms with Crippen LogP contribution in [0.1, 0.15) is 22.8 Å². The number of carbonyl (C=O) groups is 1. The molecule has 0 aliphatic heterocycles. The first-order valence-electron chi connectivity index (χ1n) is 6.62. The number of anilines is 1. The molecule has 0 fully saturated rings. The normalized spacial score (nSPS) is 12.0. The average Bonchev–Trinajstić information content (AvgIpc) is 2.90. The fraction of sp³-hybridized carbons (Fsp3) is 0.267. The van der Waals surface area contributed by atoms with E-state index in [4.69, 9.17) is 0 Å². The first-order chi connectivity index (χ1) is 10.1. The second-order valence-electron chi connectivity index (χ2n) is 4.59. The predicted molar refractivity (Wildman–Crippen MR) is 82.1 cm³/mol. The number of hydrogen-bond donors (Lipinski definition) is 3. The van der Waals surface area contributed by atoms with Crippen LogP contribution in [-0.2, 0) is 6.42 Å². The first kappa shape index (κ1) is 15.5. The zero-order valence-electron chi connectivity index (χ0n) is 11.6. The standard InChI is InChI=1S/C15H17FN2O2S/c1-10(19)14-7-6-11(21-14)8-9-17-15(20)18-13-5-3-2-4-12(13)16/h2-7,10,19H,8-9H2,1H3,(H2,17,18,20). The molecule has 1 heterocycles. The fourth-order valence-electron chi connectivity index (χ4n) is 1.78. The summed E-state index contributed by atoms with van der Waals surface area (Å²) >= 11 is 1.52. The molecular formula is C15H17FN2O2S. The maximum Gasteiger partial charge on any atom is 0.319 e. The van der Waals surface area contributed by atoms with Crippen LogP contribution in [0.5, 0.6) is 0 Å². The van der Waals surface area contributed by atoms with Crippen LogP contribution < -0.4 is 10.6 Å². The van der Waals surface area contributed by atoms with Gasteiger partial charge in [0.1, 0.15) is 5.82 Å². The molecule has 0 saturated heterocycles. The lowest BCUT2D eigenvalue weighted by Gasteiger charge is -2.07. The highest BCUT2D eigenvalue weighted by Crippen LogP contribution is 2.22. The Balaban J connectivity index is 1.78. The van der Waals surface area contributed by atoms with E-state index in [9.17, 15) is 14.3 Å². The molecule has 0 aliphatic carbocycles. The number of amides is 2. The number of hydrogen-bond acceptors (Lipinski definition) is 3. The maximum absolute atomic E-state index is 13.4. The molecule has 0 radical (unpaired) electrons.